The smallest absolute Gasteiger partial charge is 0.230 e. The molecule has 0 aliphatic carbocycles. The second-order valence-electron chi connectivity index (χ2n) is 6.52. The summed E-state index contributed by atoms with van der Waals surface area (Å²) in [5, 5.41) is 0. The Morgan fingerprint density at radius 2 is 1.83 bits per heavy atom. The summed E-state index contributed by atoms with van der Waals surface area (Å²) in [6, 6.07) is 9.88. The molecule has 0 radical (unpaired) electrons. The second-order valence-corrected chi connectivity index (χ2v) is 6.52. The van der Waals surface area contributed by atoms with E-state index in [9.17, 15) is 4.79 Å². The van der Waals surface area contributed by atoms with E-state index >= 15 is 0 Å². The molecule has 0 unspecified atom stereocenters. The fourth-order valence-corrected chi connectivity index (χ4v) is 3.47. The van der Waals surface area contributed by atoms with Gasteiger partial charge in [0.05, 0.1) is 5.41 Å². The summed E-state index contributed by atoms with van der Waals surface area (Å²) in [4.78, 5) is 14.9. The number of amides is 1. The number of likely N-dealkylation sites (tertiary alicyclic amines) is 1. The van der Waals surface area contributed by atoms with Crippen molar-refractivity contribution in [2.75, 3.05) is 32.8 Å². The number of carbonyl (C=O) groups excluding carboxylic acids is 1. The molecule has 2 heterocycles. The van der Waals surface area contributed by atoms with E-state index in [2.05, 4.69) is 0 Å². The molecule has 1 amide bonds. The predicted molar refractivity (Wildman–Crippen MR) is 95.5 cm³/mol. The van der Waals surface area contributed by atoms with E-state index in [1.807, 2.05) is 35.2 Å². The summed E-state index contributed by atoms with van der Waals surface area (Å²) in [6.45, 7) is 3.18. The molecule has 2 aliphatic heterocycles. The molecule has 134 valence electrons. The van der Waals surface area contributed by atoms with Gasteiger partial charge in [0.2, 0.25) is 5.91 Å². The van der Waals surface area contributed by atoms with Crippen molar-refractivity contribution in [3.05, 3.63) is 30.3 Å². The van der Waals surface area contributed by atoms with Crippen LogP contribution in [-0.2, 0) is 9.53 Å². The van der Waals surface area contributed by atoms with Gasteiger partial charge >= 0.3 is 0 Å². The van der Waals surface area contributed by atoms with Gasteiger partial charge in [0.25, 0.3) is 0 Å². The molecule has 2 N–H and O–H groups in total. The van der Waals surface area contributed by atoms with Gasteiger partial charge in [0, 0.05) is 45.7 Å². The van der Waals surface area contributed by atoms with Crippen LogP contribution < -0.4 is 10.5 Å². The standard InChI is InChI=1S/C18H26N2O3.ClH/c19-14-18(8-12-22-13-9-18)17(21)20-10-6-16(7-11-20)23-15-4-2-1-3-5-15;/h1-5,16H,6-14,19H2;1H. The van der Waals surface area contributed by atoms with Crippen LogP contribution in [0, 0.1) is 5.41 Å². The van der Waals surface area contributed by atoms with E-state index in [4.69, 9.17) is 15.2 Å². The van der Waals surface area contributed by atoms with Gasteiger partial charge in [0.15, 0.2) is 0 Å². The van der Waals surface area contributed by atoms with Gasteiger partial charge in [-0.2, -0.15) is 0 Å². The maximum Gasteiger partial charge on any atom is 0.230 e. The van der Waals surface area contributed by atoms with E-state index in [-0.39, 0.29) is 24.4 Å². The van der Waals surface area contributed by atoms with Crippen molar-refractivity contribution in [1.82, 2.24) is 4.90 Å². The maximum atomic E-state index is 12.9. The molecule has 1 aromatic carbocycles. The number of piperidine rings is 1. The Balaban J connectivity index is 0.00000208. The minimum Gasteiger partial charge on any atom is -0.490 e. The largest absolute Gasteiger partial charge is 0.490 e. The molecule has 24 heavy (non-hydrogen) atoms. The lowest BCUT2D eigenvalue weighted by molar-refractivity contribution is -0.149. The lowest BCUT2D eigenvalue weighted by Crippen LogP contribution is -2.53. The summed E-state index contributed by atoms with van der Waals surface area (Å²) >= 11 is 0. The fraction of sp³-hybridized carbons (Fsp3) is 0.611. The molecule has 0 spiro atoms. The Hall–Kier alpha value is -1.30. The quantitative estimate of drug-likeness (QED) is 0.900. The van der Waals surface area contributed by atoms with E-state index in [0.717, 1.165) is 44.5 Å². The van der Waals surface area contributed by atoms with Gasteiger partial charge in [-0.1, -0.05) is 18.2 Å². The summed E-state index contributed by atoms with van der Waals surface area (Å²) in [7, 11) is 0. The lowest BCUT2D eigenvalue weighted by Gasteiger charge is -2.41. The minimum atomic E-state index is -0.411. The van der Waals surface area contributed by atoms with E-state index in [0.29, 0.717) is 19.8 Å². The SMILES string of the molecule is Cl.NCC1(C(=O)N2CCC(Oc3ccccc3)CC2)CCOCC1. The predicted octanol–water partition coefficient (Wildman–Crippen LogP) is 2.23. The molecule has 3 rings (SSSR count). The van der Waals surface area contributed by atoms with Crippen LogP contribution in [0.3, 0.4) is 0 Å². The Bertz CT molecular complexity index is 512. The molecule has 6 heteroatoms. The Labute approximate surface area is 149 Å². The van der Waals surface area contributed by atoms with Gasteiger partial charge in [-0.05, 0) is 25.0 Å². The zero-order valence-corrected chi connectivity index (χ0v) is 14.8. The van der Waals surface area contributed by atoms with Crippen molar-refractivity contribution in [2.45, 2.75) is 31.8 Å². The maximum absolute atomic E-state index is 12.9. The molecule has 0 bridgehead atoms. The molecule has 0 saturated carbocycles. The summed E-state index contributed by atoms with van der Waals surface area (Å²) in [5.41, 5.74) is 5.54. The second kappa shape index (κ2) is 8.70. The number of halogens is 1. The number of ether oxygens (including phenoxy) is 2. The van der Waals surface area contributed by atoms with Gasteiger partial charge in [-0.25, -0.2) is 0 Å². The fourth-order valence-electron chi connectivity index (χ4n) is 3.47. The van der Waals surface area contributed by atoms with Crippen LogP contribution in [-0.4, -0.2) is 49.8 Å². The number of hydrogen-bond acceptors (Lipinski definition) is 4. The van der Waals surface area contributed by atoms with Crippen molar-refractivity contribution >= 4 is 18.3 Å². The highest BCUT2D eigenvalue weighted by molar-refractivity contribution is 5.85. The third-order valence-electron chi connectivity index (χ3n) is 5.07. The first-order valence-corrected chi connectivity index (χ1v) is 8.52. The zero-order chi connectivity index (χ0) is 16.1. The van der Waals surface area contributed by atoms with Crippen LogP contribution in [0.15, 0.2) is 30.3 Å². The molecular weight excluding hydrogens is 328 g/mol. The molecule has 2 saturated heterocycles. The molecule has 2 fully saturated rings. The Morgan fingerprint density at radius 1 is 1.21 bits per heavy atom. The lowest BCUT2D eigenvalue weighted by atomic mass is 9.78. The Kier molecular flexibility index (Phi) is 6.90. The van der Waals surface area contributed by atoms with Crippen molar-refractivity contribution < 1.29 is 14.3 Å². The van der Waals surface area contributed by atoms with Crippen LogP contribution in [0.25, 0.3) is 0 Å². The van der Waals surface area contributed by atoms with Crippen molar-refractivity contribution in [3.63, 3.8) is 0 Å². The van der Waals surface area contributed by atoms with Crippen LogP contribution >= 0.6 is 12.4 Å². The van der Waals surface area contributed by atoms with Gasteiger partial charge < -0.3 is 20.1 Å². The monoisotopic (exact) mass is 354 g/mol. The van der Waals surface area contributed by atoms with E-state index in [1.165, 1.54) is 0 Å². The average Bonchev–Trinajstić information content (AvgIpc) is 2.63. The van der Waals surface area contributed by atoms with Crippen molar-refractivity contribution in [3.8, 4) is 5.75 Å². The first-order valence-electron chi connectivity index (χ1n) is 8.52. The van der Waals surface area contributed by atoms with Crippen LogP contribution in [0.2, 0.25) is 0 Å². The molecule has 0 atom stereocenters. The number of benzene rings is 1. The molecule has 1 aromatic rings. The van der Waals surface area contributed by atoms with Crippen molar-refractivity contribution in [2.24, 2.45) is 11.1 Å². The average molecular weight is 355 g/mol. The molecule has 2 aliphatic rings. The Morgan fingerprint density at radius 3 is 2.42 bits per heavy atom. The third-order valence-corrected chi connectivity index (χ3v) is 5.07. The van der Waals surface area contributed by atoms with Crippen LogP contribution in [0.1, 0.15) is 25.7 Å². The first kappa shape index (κ1) is 19.0. The number of carbonyl (C=O) groups is 1. The molecule has 5 nitrogen and oxygen atoms in total. The van der Waals surface area contributed by atoms with Gasteiger partial charge in [-0.3, -0.25) is 4.79 Å². The van der Waals surface area contributed by atoms with Crippen LogP contribution in [0.4, 0.5) is 0 Å². The highest BCUT2D eigenvalue weighted by Crippen LogP contribution is 2.33. The summed E-state index contributed by atoms with van der Waals surface area (Å²) in [5.74, 6) is 1.11. The van der Waals surface area contributed by atoms with Gasteiger partial charge in [-0.15, -0.1) is 12.4 Å². The zero-order valence-electron chi connectivity index (χ0n) is 14.0. The third kappa shape index (κ3) is 4.21. The van der Waals surface area contributed by atoms with Crippen molar-refractivity contribution in [1.29, 1.82) is 0 Å². The topological polar surface area (TPSA) is 64.8 Å². The first-order chi connectivity index (χ1) is 11.2. The number of hydrogen-bond donors (Lipinski definition) is 1. The highest BCUT2D eigenvalue weighted by atomic mass is 35.5. The highest BCUT2D eigenvalue weighted by Gasteiger charge is 2.42. The number of nitrogens with two attached hydrogens (primary N) is 1. The molecular formula is C18H27ClN2O3. The number of nitrogens with zero attached hydrogens (tertiary/aromatic N) is 1. The van der Waals surface area contributed by atoms with Crippen LogP contribution in [0.5, 0.6) is 5.75 Å². The number of rotatable bonds is 4. The van der Waals surface area contributed by atoms with E-state index < -0.39 is 5.41 Å². The molecule has 0 aromatic heterocycles. The summed E-state index contributed by atoms with van der Waals surface area (Å²) in [6.07, 6.45) is 3.41. The van der Waals surface area contributed by atoms with E-state index in [1.54, 1.807) is 0 Å². The summed E-state index contributed by atoms with van der Waals surface area (Å²) < 4.78 is 11.4. The van der Waals surface area contributed by atoms with Gasteiger partial charge in [0.1, 0.15) is 11.9 Å². The minimum absolute atomic E-state index is 0. The number of para-hydroxylation sites is 1. The normalized spacial score (nSPS) is 21.0.